The van der Waals surface area contributed by atoms with E-state index in [2.05, 4.69) is 37.0 Å². The van der Waals surface area contributed by atoms with Crippen molar-refractivity contribution in [2.75, 3.05) is 6.61 Å². The molecule has 4 aromatic rings. The van der Waals surface area contributed by atoms with Crippen molar-refractivity contribution >= 4 is 49.0 Å². The molecule has 0 bridgehead atoms. The maximum absolute atomic E-state index is 13.4. The summed E-state index contributed by atoms with van der Waals surface area (Å²) < 4.78 is 14.9. The molecule has 8 heteroatoms. The van der Waals surface area contributed by atoms with Gasteiger partial charge in [-0.3, -0.25) is 4.79 Å². The van der Waals surface area contributed by atoms with Crippen LogP contribution in [-0.4, -0.2) is 22.5 Å². The second-order valence-corrected chi connectivity index (χ2v) is 11.0. The van der Waals surface area contributed by atoms with Crippen LogP contribution in [0.4, 0.5) is 0 Å². The third-order valence-corrected chi connectivity index (χ3v) is 6.44. The number of halogens is 2. The summed E-state index contributed by atoms with van der Waals surface area (Å²) in [6.07, 6.45) is 1.64. The zero-order chi connectivity index (χ0) is 25.9. The Labute approximate surface area is 227 Å². The van der Waals surface area contributed by atoms with Gasteiger partial charge in [0.1, 0.15) is 12.4 Å². The SMILES string of the molecule is CCOc1cc(C=Nn2c(C(C)(C)C)nc3ccc(Br)cc3c2=O)cc(Br)c1OCc1ccccc1. The van der Waals surface area contributed by atoms with Gasteiger partial charge in [-0.1, -0.05) is 67.0 Å². The van der Waals surface area contributed by atoms with E-state index >= 15 is 0 Å². The molecule has 3 aromatic carbocycles. The van der Waals surface area contributed by atoms with Crippen molar-refractivity contribution in [1.29, 1.82) is 0 Å². The van der Waals surface area contributed by atoms with Crippen molar-refractivity contribution in [2.24, 2.45) is 5.10 Å². The van der Waals surface area contributed by atoms with Gasteiger partial charge in [0.2, 0.25) is 0 Å². The topological polar surface area (TPSA) is 65.7 Å². The molecule has 186 valence electrons. The summed E-state index contributed by atoms with van der Waals surface area (Å²) in [4.78, 5) is 18.2. The molecular weight excluding hydrogens is 586 g/mol. The zero-order valence-corrected chi connectivity index (χ0v) is 23.8. The number of nitrogens with zero attached hydrogens (tertiary/aromatic N) is 3. The van der Waals surface area contributed by atoms with Gasteiger partial charge in [0.05, 0.1) is 28.2 Å². The second-order valence-electron chi connectivity index (χ2n) is 9.25. The van der Waals surface area contributed by atoms with E-state index in [1.54, 1.807) is 12.3 Å². The molecule has 4 rings (SSSR count). The molecule has 0 radical (unpaired) electrons. The van der Waals surface area contributed by atoms with Crippen LogP contribution in [0, 0.1) is 0 Å². The molecule has 0 spiro atoms. The number of hydrogen-bond acceptors (Lipinski definition) is 5. The molecule has 36 heavy (non-hydrogen) atoms. The van der Waals surface area contributed by atoms with Gasteiger partial charge in [0.15, 0.2) is 11.5 Å². The number of fused-ring (bicyclic) bond motifs is 1. The zero-order valence-electron chi connectivity index (χ0n) is 20.6. The lowest BCUT2D eigenvalue weighted by molar-refractivity contribution is 0.267. The van der Waals surface area contributed by atoms with Gasteiger partial charge in [0.25, 0.3) is 5.56 Å². The van der Waals surface area contributed by atoms with Crippen molar-refractivity contribution in [3.05, 3.63) is 96.9 Å². The Morgan fingerprint density at radius 2 is 1.78 bits per heavy atom. The molecule has 0 aliphatic heterocycles. The van der Waals surface area contributed by atoms with Crippen LogP contribution in [0.25, 0.3) is 10.9 Å². The smallest absolute Gasteiger partial charge is 0.282 e. The first-order valence-electron chi connectivity index (χ1n) is 11.6. The number of rotatable bonds is 7. The summed E-state index contributed by atoms with van der Waals surface area (Å²) in [6, 6.07) is 19.2. The number of aromatic nitrogens is 2. The Balaban J connectivity index is 1.74. The van der Waals surface area contributed by atoms with Gasteiger partial charge in [-0.15, -0.1) is 0 Å². The summed E-state index contributed by atoms with van der Waals surface area (Å²) in [5.74, 6) is 1.78. The highest BCUT2D eigenvalue weighted by atomic mass is 79.9. The minimum Gasteiger partial charge on any atom is -0.490 e. The average Bonchev–Trinajstić information content (AvgIpc) is 2.83. The quantitative estimate of drug-likeness (QED) is 0.209. The highest BCUT2D eigenvalue weighted by Gasteiger charge is 2.23. The second kappa shape index (κ2) is 11.0. The summed E-state index contributed by atoms with van der Waals surface area (Å²) in [5, 5.41) is 5.07. The predicted molar refractivity (Wildman–Crippen MR) is 151 cm³/mol. The van der Waals surface area contributed by atoms with E-state index in [1.165, 1.54) is 4.68 Å². The molecule has 6 nitrogen and oxygen atoms in total. The highest BCUT2D eigenvalue weighted by Crippen LogP contribution is 2.37. The first kappa shape index (κ1) is 26.1. The van der Waals surface area contributed by atoms with Gasteiger partial charge >= 0.3 is 0 Å². The maximum atomic E-state index is 13.4. The highest BCUT2D eigenvalue weighted by molar-refractivity contribution is 9.10. The Kier molecular flexibility index (Phi) is 7.95. The van der Waals surface area contributed by atoms with Crippen molar-refractivity contribution < 1.29 is 9.47 Å². The molecule has 0 fully saturated rings. The Hall–Kier alpha value is -2.97. The summed E-state index contributed by atoms with van der Waals surface area (Å²) in [6.45, 7) is 8.83. The fraction of sp³-hybridized carbons (Fsp3) is 0.250. The van der Waals surface area contributed by atoms with Crippen LogP contribution in [0.1, 0.15) is 44.6 Å². The Bertz CT molecular complexity index is 1480. The van der Waals surface area contributed by atoms with E-state index in [4.69, 9.17) is 14.5 Å². The Morgan fingerprint density at radius 3 is 2.47 bits per heavy atom. The molecule has 0 aliphatic carbocycles. The van der Waals surface area contributed by atoms with Crippen LogP contribution >= 0.6 is 31.9 Å². The van der Waals surface area contributed by atoms with E-state index < -0.39 is 5.41 Å². The molecule has 0 saturated carbocycles. The molecule has 0 N–H and O–H groups in total. The number of hydrogen-bond donors (Lipinski definition) is 0. The lowest BCUT2D eigenvalue weighted by Crippen LogP contribution is -2.29. The molecule has 0 amide bonds. The van der Waals surface area contributed by atoms with Crippen LogP contribution in [-0.2, 0) is 12.0 Å². The fourth-order valence-corrected chi connectivity index (χ4v) is 4.60. The van der Waals surface area contributed by atoms with Gasteiger partial charge < -0.3 is 9.47 Å². The minimum atomic E-state index is -0.399. The number of ether oxygens (including phenoxy) is 2. The van der Waals surface area contributed by atoms with E-state index in [9.17, 15) is 4.79 Å². The molecular formula is C28H27Br2N3O3. The van der Waals surface area contributed by atoms with E-state index in [0.29, 0.717) is 41.4 Å². The summed E-state index contributed by atoms with van der Waals surface area (Å²) >= 11 is 7.06. The fourth-order valence-electron chi connectivity index (χ4n) is 3.66. The summed E-state index contributed by atoms with van der Waals surface area (Å²) in [5.41, 5.74) is 1.82. The molecule has 0 unspecified atom stereocenters. The van der Waals surface area contributed by atoms with E-state index in [1.807, 2.05) is 82.3 Å². The Morgan fingerprint density at radius 1 is 1.03 bits per heavy atom. The van der Waals surface area contributed by atoms with Crippen LogP contribution in [0.15, 0.2) is 79.5 Å². The minimum absolute atomic E-state index is 0.227. The van der Waals surface area contributed by atoms with Gasteiger partial charge in [-0.2, -0.15) is 9.78 Å². The average molecular weight is 613 g/mol. The van der Waals surface area contributed by atoms with Crippen LogP contribution in [0.5, 0.6) is 11.5 Å². The van der Waals surface area contributed by atoms with Gasteiger partial charge in [-0.25, -0.2) is 4.98 Å². The molecule has 1 heterocycles. The van der Waals surface area contributed by atoms with Gasteiger partial charge in [-0.05, 0) is 64.3 Å². The van der Waals surface area contributed by atoms with Crippen LogP contribution < -0.4 is 15.0 Å². The molecule has 0 atom stereocenters. The maximum Gasteiger partial charge on any atom is 0.282 e. The molecule has 0 aliphatic rings. The van der Waals surface area contributed by atoms with Crippen LogP contribution in [0.3, 0.4) is 0 Å². The van der Waals surface area contributed by atoms with Crippen molar-refractivity contribution in [1.82, 2.24) is 9.66 Å². The largest absolute Gasteiger partial charge is 0.490 e. The third-order valence-electron chi connectivity index (χ3n) is 5.36. The van der Waals surface area contributed by atoms with Crippen LogP contribution in [0.2, 0.25) is 0 Å². The van der Waals surface area contributed by atoms with Crippen molar-refractivity contribution in [3.8, 4) is 11.5 Å². The standard InChI is InChI=1S/C28H27Br2N3O3/c1-5-35-24-14-19(13-22(30)25(24)36-17-18-9-7-6-8-10-18)16-31-33-26(34)21-15-20(29)11-12-23(21)32-27(33)28(2,3)4/h6-16H,5,17H2,1-4H3. The summed E-state index contributed by atoms with van der Waals surface area (Å²) in [7, 11) is 0. The molecule has 1 aromatic heterocycles. The van der Waals surface area contributed by atoms with E-state index in [-0.39, 0.29) is 5.56 Å². The normalized spacial score (nSPS) is 11.8. The monoisotopic (exact) mass is 611 g/mol. The lowest BCUT2D eigenvalue weighted by atomic mass is 9.95. The van der Waals surface area contributed by atoms with Crippen molar-refractivity contribution in [3.63, 3.8) is 0 Å². The first-order chi connectivity index (χ1) is 17.2. The van der Waals surface area contributed by atoms with Crippen molar-refractivity contribution in [2.45, 2.75) is 39.7 Å². The van der Waals surface area contributed by atoms with E-state index in [0.717, 1.165) is 20.1 Å². The molecule has 0 saturated heterocycles. The third kappa shape index (κ3) is 5.87. The van der Waals surface area contributed by atoms with Gasteiger partial charge in [0, 0.05) is 9.89 Å². The number of benzene rings is 3. The lowest BCUT2D eigenvalue weighted by Gasteiger charge is -2.21. The first-order valence-corrected chi connectivity index (χ1v) is 13.2. The predicted octanol–water partition coefficient (Wildman–Crippen LogP) is 7.08.